The van der Waals surface area contributed by atoms with E-state index in [4.69, 9.17) is 4.74 Å². The molecule has 0 saturated carbocycles. The molecule has 152 valence electrons. The Hall–Kier alpha value is -2.16. The molecule has 1 heterocycles. The standard InChI is InChI=1S/C25H35NO2/c1-7-19(20-11-9-8-10-12-20)17-22(21-13-15-26-16-14-21)18-25(5,6)23(27)28-24(2,3)4/h8-16,19,22H,7,17-18H2,1-6H3. The molecule has 2 aromatic rings. The summed E-state index contributed by atoms with van der Waals surface area (Å²) >= 11 is 0. The highest BCUT2D eigenvalue weighted by molar-refractivity contribution is 5.76. The molecule has 0 aliphatic heterocycles. The molecule has 0 saturated heterocycles. The van der Waals surface area contributed by atoms with Crippen LogP contribution >= 0.6 is 0 Å². The zero-order valence-electron chi connectivity index (χ0n) is 18.2. The topological polar surface area (TPSA) is 39.2 Å². The molecular formula is C25H35NO2. The minimum atomic E-state index is -0.559. The first-order chi connectivity index (χ1) is 13.1. The van der Waals surface area contributed by atoms with Crippen LogP contribution in [0.25, 0.3) is 0 Å². The molecule has 1 aromatic carbocycles. The van der Waals surface area contributed by atoms with Crippen LogP contribution in [0, 0.1) is 5.41 Å². The number of carbonyl (C=O) groups excluding carboxylic acids is 1. The Morgan fingerprint density at radius 1 is 0.929 bits per heavy atom. The van der Waals surface area contributed by atoms with E-state index in [0.29, 0.717) is 5.92 Å². The lowest BCUT2D eigenvalue weighted by atomic mass is 9.75. The van der Waals surface area contributed by atoms with Gasteiger partial charge >= 0.3 is 5.97 Å². The van der Waals surface area contributed by atoms with Crippen LogP contribution in [0.1, 0.15) is 83.8 Å². The van der Waals surface area contributed by atoms with Crippen molar-refractivity contribution in [1.29, 1.82) is 0 Å². The Bertz CT molecular complexity index is 732. The van der Waals surface area contributed by atoms with Gasteiger partial charge in [0.15, 0.2) is 0 Å². The molecule has 0 fully saturated rings. The molecule has 2 rings (SSSR count). The SMILES string of the molecule is CCC(CC(CC(C)(C)C(=O)OC(C)(C)C)c1ccncc1)c1ccccc1. The van der Waals surface area contributed by atoms with Gasteiger partial charge in [-0.05, 0) is 89.0 Å². The third kappa shape index (κ3) is 6.47. The van der Waals surface area contributed by atoms with Gasteiger partial charge in [-0.3, -0.25) is 9.78 Å². The fourth-order valence-electron chi connectivity index (χ4n) is 3.70. The lowest BCUT2D eigenvalue weighted by Gasteiger charge is -2.33. The lowest BCUT2D eigenvalue weighted by molar-refractivity contribution is -0.166. The van der Waals surface area contributed by atoms with Crippen molar-refractivity contribution in [3.63, 3.8) is 0 Å². The molecule has 0 aliphatic carbocycles. The van der Waals surface area contributed by atoms with E-state index in [2.05, 4.69) is 54.4 Å². The summed E-state index contributed by atoms with van der Waals surface area (Å²) in [5.41, 5.74) is 1.56. The van der Waals surface area contributed by atoms with Crippen LogP contribution in [0.4, 0.5) is 0 Å². The van der Waals surface area contributed by atoms with Crippen molar-refractivity contribution in [2.24, 2.45) is 5.41 Å². The normalized spacial score (nSPS) is 14.4. The summed E-state index contributed by atoms with van der Waals surface area (Å²) in [5, 5.41) is 0. The fraction of sp³-hybridized carbons (Fsp3) is 0.520. The van der Waals surface area contributed by atoms with Crippen LogP contribution in [0.5, 0.6) is 0 Å². The number of pyridine rings is 1. The first-order valence-corrected chi connectivity index (χ1v) is 10.3. The fourth-order valence-corrected chi connectivity index (χ4v) is 3.70. The summed E-state index contributed by atoms with van der Waals surface area (Å²) in [4.78, 5) is 17.0. The van der Waals surface area contributed by atoms with Gasteiger partial charge in [0.25, 0.3) is 0 Å². The van der Waals surface area contributed by atoms with Gasteiger partial charge in [0.1, 0.15) is 5.60 Å². The largest absolute Gasteiger partial charge is 0.460 e. The van der Waals surface area contributed by atoms with Gasteiger partial charge in [-0.25, -0.2) is 0 Å². The van der Waals surface area contributed by atoms with Crippen molar-refractivity contribution >= 4 is 5.97 Å². The van der Waals surface area contributed by atoms with Crippen molar-refractivity contribution in [1.82, 2.24) is 4.98 Å². The number of hydrogen-bond donors (Lipinski definition) is 0. The van der Waals surface area contributed by atoms with Crippen LogP contribution in [-0.4, -0.2) is 16.6 Å². The van der Waals surface area contributed by atoms with Gasteiger partial charge in [0.05, 0.1) is 5.41 Å². The average molecular weight is 382 g/mol. The second-order valence-corrected chi connectivity index (χ2v) is 9.32. The molecule has 0 amide bonds. The Balaban J connectivity index is 2.26. The maximum absolute atomic E-state index is 12.8. The third-order valence-corrected chi connectivity index (χ3v) is 5.22. The van der Waals surface area contributed by atoms with E-state index in [1.165, 1.54) is 11.1 Å². The van der Waals surface area contributed by atoms with Crippen LogP contribution in [0.2, 0.25) is 0 Å². The van der Waals surface area contributed by atoms with Crippen molar-refractivity contribution < 1.29 is 9.53 Å². The first kappa shape index (κ1) is 22.1. The Morgan fingerprint density at radius 3 is 2.04 bits per heavy atom. The van der Waals surface area contributed by atoms with Crippen molar-refractivity contribution in [3.8, 4) is 0 Å². The van der Waals surface area contributed by atoms with E-state index in [1.807, 2.05) is 47.0 Å². The minimum absolute atomic E-state index is 0.133. The first-order valence-electron chi connectivity index (χ1n) is 10.3. The van der Waals surface area contributed by atoms with Gasteiger partial charge in [-0.2, -0.15) is 0 Å². The van der Waals surface area contributed by atoms with E-state index in [1.54, 1.807) is 0 Å². The third-order valence-electron chi connectivity index (χ3n) is 5.22. The summed E-state index contributed by atoms with van der Waals surface area (Å²) in [6.45, 7) is 12.0. The molecule has 2 atom stereocenters. The molecule has 0 spiro atoms. The number of aromatic nitrogens is 1. The van der Waals surface area contributed by atoms with Crippen LogP contribution in [0.3, 0.4) is 0 Å². The molecule has 3 nitrogen and oxygen atoms in total. The lowest BCUT2D eigenvalue weighted by Crippen LogP contribution is -2.35. The smallest absolute Gasteiger partial charge is 0.312 e. The number of esters is 1. The molecule has 2 unspecified atom stereocenters. The number of ether oxygens (including phenoxy) is 1. The molecule has 28 heavy (non-hydrogen) atoms. The summed E-state index contributed by atoms with van der Waals surface area (Å²) in [5.74, 6) is 0.580. The number of carbonyl (C=O) groups is 1. The number of rotatable bonds is 8. The van der Waals surface area contributed by atoms with Crippen molar-refractivity contribution in [3.05, 3.63) is 66.0 Å². The molecule has 3 heteroatoms. The summed E-state index contributed by atoms with van der Waals surface area (Å²) in [6.07, 6.45) is 6.49. The van der Waals surface area contributed by atoms with E-state index >= 15 is 0 Å². The predicted octanol–water partition coefficient (Wildman–Crippen LogP) is 6.51. The zero-order valence-corrected chi connectivity index (χ0v) is 18.2. The van der Waals surface area contributed by atoms with E-state index in [-0.39, 0.29) is 11.9 Å². The Labute approximate surface area is 170 Å². The predicted molar refractivity (Wildman–Crippen MR) is 115 cm³/mol. The van der Waals surface area contributed by atoms with Crippen molar-refractivity contribution in [2.75, 3.05) is 0 Å². The molecule has 0 N–H and O–H groups in total. The molecule has 1 aromatic heterocycles. The number of benzene rings is 1. The molecule has 0 radical (unpaired) electrons. The van der Waals surface area contributed by atoms with Crippen LogP contribution in [0.15, 0.2) is 54.9 Å². The summed E-state index contributed by atoms with van der Waals surface area (Å²) in [6, 6.07) is 14.8. The highest BCUT2D eigenvalue weighted by atomic mass is 16.6. The van der Waals surface area contributed by atoms with Crippen LogP contribution in [-0.2, 0) is 9.53 Å². The highest BCUT2D eigenvalue weighted by Crippen LogP contribution is 2.40. The Kier molecular flexibility index (Phi) is 7.40. The van der Waals surface area contributed by atoms with Gasteiger partial charge in [0, 0.05) is 12.4 Å². The van der Waals surface area contributed by atoms with E-state index < -0.39 is 11.0 Å². The average Bonchev–Trinajstić information content (AvgIpc) is 2.65. The molecule has 0 aliphatic rings. The van der Waals surface area contributed by atoms with Gasteiger partial charge in [-0.1, -0.05) is 37.3 Å². The Morgan fingerprint density at radius 2 is 1.50 bits per heavy atom. The maximum atomic E-state index is 12.8. The van der Waals surface area contributed by atoms with Crippen LogP contribution < -0.4 is 0 Å². The second-order valence-electron chi connectivity index (χ2n) is 9.32. The van der Waals surface area contributed by atoms with E-state index in [9.17, 15) is 4.79 Å². The number of hydrogen-bond acceptors (Lipinski definition) is 3. The van der Waals surface area contributed by atoms with Gasteiger partial charge in [0.2, 0.25) is 0 Å². The summed E-state index contributed by atoms with van der Waals surface area (Å²) < 4.78 is 5.70. The maximum Gasteiger partial charge on any atom is 0.312 e. The molecule has 0 bridgehead atoms. The van der Waals surface area contributed by atoms with E-state index in [0.717, 1.165) is 19.3 Å². The number of nitrogens with zero attached hydrogens (tertiary/aromatic N) is 1. The minimum Gasteiger partial charge on any atom is -0.460 e. The van der Waals surface area contributed by atoms with Gasteiger partial charge in [-0.15, -0.1) is 0 Å². The monoisotopic (exact) mass is 381 g/mol. The van der Waals surface area contributed by atoms with Gasteiger partial charge < -0.3 is 4.74 Å². The highest BCUT2D eigenvalue weighted by Gasteiger charge is 2.36. The quantitative estimate of drug-likeness (QED) is 0.489. The second kappa shape index (κ2) is 9.36. The van der Waals surface area contributed by atoms with Crippen molar-refractivity contribution in [2.45, 2.75) is 78.2 Å². The molecular weight excluding hydrogens is 346 g/mol. The zero-order chi connectivity index (χ0) is 20.8. The summed E-state index contributed by atoms with van der Waals surface area (Å²) in [7, 11) is 0.